The topological polar surface area (TPSA) is 73.2 Å². The molecule has 1 atom stereocenters. The van der Waals surface area contributed by atoms with Gasteiger partial charge in [0.2, 0.25) is 5.91 Å². The molecule has 0 spiro atoms. The summed E-state index contributed by atoms with van der Waals surface area (Å²) in [6, 6.07) is 23.3. The maximum absolute atomic E-state index is 13.5. The molecule has 1 aliphatic heterocycles. The molecule has 4 rings (SSSR count). The van der Waals surface area contributed by atoms with Crippen molar-refractivity contribution in [3.63, 3.8) is 0 Å². The normalized spacial score (nSPS) is 16.8. The van der Waals surface area contributed by atoms with Crippen LogP contribution >= 0.6 is 35.0 Å². The number of rotatable bonds is 5. The number of anilines is 2. The second-order valence-electron chi connectivity index (χ2n) is 7.70. The van der Waals surface area contributed by atoms with E-state index < -0.39 is 11.2 Å². The van der Waals surface area contributed by atoms with Crippen LogP contribution < -0.4 is 10.2 Å². The van der Waals surface area contributed by atoms with Gasteiger partial charge in [0.1, 0.15) is 16.7 Å². The molecular weight excluding hydrogens is 489 g/mol. The van der Waals surface area contributed by atoms with Gasteiger partial charge in [-0.25, -0.2) is 0 Å². The molecule has 1 N–H and O–H groups in total. The first kappa shape index (κ1) is 23.9. The zero-order valence-corrected chi connectivity index (χ0v) is 20.4. The van der Waals surface area contributed by atoms with Crippen LogP contribution in [0, 0.1) is 18.3 Å². The van der Waals surface area contributed by atoms with E-state index in [1.165, 1.54) is 16.7 Å². The van der Waals surface area contributed by atoms with Gasteiger partial charge in [-0.2, -0.15) is 5.26 Å². The molecule has 1 saturated heterocycles. The molecule has 1 unspecified atom stereocenters. The zero-order chi connectivity index (χ0) is 24.2. The van der Waals surface area contributed by atoms with E-state index in [1.54, 1.807) is 30.3 Å². The van der Waals surface area contributed by atoms with Gasteiger partial charge in [-0.05, 0) is 67.4 Å². The number of carbonyl (C=O) groups excluding carboxylic acids is 2. The largest absolute Gasteiger partial charge is 0.321 e. The summed E-state index contributed by atoms with van der Waals surface area (Å²) in [4.78, 5) is 28.0. The Bertz CT molecular complexity index is 1320. The summed E-state index contributed by atoms with van der Waals surface area (Å²) in [6.45, 7) is 1.95. The van der Waals surface area contributed by atoms with Crippen molar-refractivity contribution in [2.24, 2.45) is 0 Å². The van der Waals surface area contributed by atoms with Crippen LogP contribution in [0.15, 0.2) is 83.4 Å². The molecule has 1 fully saturated rings. The monoisotopic (exact) mass is 507 g/mol. The van der Waals surface area contributed by atoms with Gasteiger partial charge >= 0.3 is 0 Å². The summed E-state index contributed by atoms with van der Waals surface area (Å²) in [6.07, 6.45) is 0.410. The molecule has 3 aromatic rings. The number of thioether (sulfide) groups is 1. The minimum absolute atomic E-state index is 0.137. The first-order chi connectivity index (χ1) is 16.4. The number of carbonyl (C=O) groups is 2. The van der Waals surface area contributed by atoms with Crippen molar-refractivity contribution in [1.82, 2.24) is 0 Å². The Balaban J connectivity index is 1.72. The number of benzene rings is 3. The van der Waals surface area contributed by atoms with Crippen LogP contribution in [0.3, 0.4) is 0 Å². The first-order valence-corrected chi connectivity index (χ1v) is 12.0. The third-order valence-electron chi connectivity index (χ3n) is 5.21. The van der Waals surface area contributed by atoms with Crippen LogP contribution in [0.1, 0.15) is 11.1 Å². The van der Waals surface area contributed by atoms with E-state index in [2.05, 4.69) is 5.32 Å². The van der Waals surface area contributed by atoms with Gasteiger partial charge in [-0.1, -0.05) is 64.8 Å². The maximum Gasteiger partial charge on any atom is 0.269 e. The summed E-state index contributed by atoms with van der Waals surface area (Å²) in [7, 11) is 0. The lowest BCUT2D eigenvalue weighted by atomic mass is 10.1. The van der Waals surface area contributed by atoms with Crippen molar-refractivity contribution in [3.05, 3.63) is 105 Å². The quantitative estimate of drug-likeness (QED) is 0.321. The van der Waals surface area contributed by atoms with Crippen molar-refractivity contribution < 1.29 is 9.59 Å². The van der Waals surface area contributed by atoms with Crippen LogP contribution in [0.4, 0.5) is 11.4 Å². The van der Waals surface area contributed by atoms with Crippen LogP contribution in [0.2, 0.25) is 10.0 Å². The molecule has 0 aliphatic carbocycles. The lowest BCUT2D eigenvalue weighted by molar-refractivity contribution is -0.117. The van der Waals surface area contributed by atoms with Gasteiger partial charge in [-0.3, -0.25) is 14.5 Å². The fraction of sp³-hybridized carbons (Fsp3) is 0.115. The number of nitrogens with one attached hydrogen (secondary N) is 1. The molecule has 0 bridgehead atoms. The van der Waals surface area contributed by atoms with Crippen molar-refractivity contribution in [2.45, 2.75) is 18.6 Å². The fourth-order valence-corrected chi connectivity index (χ4v) is 5.17. The van der Waals surface area contributed by atoms with Gasteiger partial charge in [0.15, 0.2) is 0 Å². The average molecular weight is 508 g/mol. The summed E-state index contributed by atoms with van der Waals surface area (Å²) in [5.74, 6) is -0.795. The average Bonchev–Trinajstić information content (AvgIpc) is 3.12. The zero-order valence-electron chi connectivity index (χ0n) is 18.1. The Labute approximate surface area is 212 Å². The van der Waals surface area contributed by atoms with E-state index in [0.29, 0.717) is 32.9 Å². The Morgan fingerprint density at radius 1 is 1.06 bits per heavy atom. The smallest absolute Gasteiger partial charge is 0.269 e. The van der Waals surface area contributed by atoms with E-state index in [4.69, 9.17) is 23.2 Å². The highest BCUT2D eigenvalue weighted by Crippen LogP contribution is 2.42. The number of nitrogens with zero attached hydrogens (tertiary/aromatic N) is 2. The van der Waals surface area contributed by atoms with E-state index >= 15 is 0 Å². The van der Waals surface area contributed by atoms with Crippen LogP contribution in [-0.4, -0.2) is 17.1 Å². The van der Waals surface area contributed by atoms with Gasteiger partial charge in [-0.15, -0.1) is 0 Å². The fourth-order valence-electron chi connectivity index (χ4n) is 3.52. The molecule has 1 aliphatic rings. The highest BCUT2D eigenvalue weighted by atomic mass is 35.5. The Morgan fingerprint density at radius 2 is 1.76 bits per heavy atom. The molecule has 0 radical (unpaired) electrons. The highest BCUT2D eigenvalue weighted by Gasteiger charge is 2.40. The SMILES string of the molecule is Cc1ccc(N2C(=O)C(Cc3cccc(Cl)c3)SC2=C(C#N)C(=O)Nc2ccc(Cl)cc2)cc1. The molecule has 170 valence electrons. The molecule has 5 nitrogen and oxygen atoms in total. The van der Waals surface area contributed by atoms with Gasteiger partial charge in [0, 0.05) is 21.4 Å². The number of hydrogen-bond donors (Lipinski definition) is 1. The number of nitriles is 1. The third-order valence-corrected chi connectivity index (χ3v) is 6.96. The summed E-state index contributed by atoms with van der Waals surface area (Å²) < 4.78 is 0. The summed E-state index contributed by atoms with van der Waals surface area (Å²) >= 11 is 13.2. The highest BCUT2D eigenvalue weighted by molar-refractivity contribution is 8.05. The number of amides is 2. The van der Waals surface area contributed by atoms with E-state index in [-0.39, 0.29) is 11.5 Å². The minimum atomic E-state index is -0.597. The number of hydrogen-bond acceptors (Lipinski definition) is 4. The number of aryl methyl sites for hydroxylation is 1. The molecule has 2 amide bonds. The van der Waals surface area contributed by atoms with Crippen LogP contribution in [0.5, 0.6) is 0 Å². The molecule has 0 saturated carbocycles. The molecule has 3 aromatic carbocycles. The maximum atomic E-state index is 13.5. The van der Waals surface area contributed by atoms with Crippen LogP contribution in [0.25, 0.3) is 0 Å². The van der Waals surface area contributed by atoms with Crippen molar-refractivity contribution >= 4 is 58.2 Å². The molecule has 34 heavy (non-hydrogen) atoms. The minimum Gasteiger partial charge on any atom is -0.321 e. The number of halogens is 2. The lowest BCUT2D eigenvalue weighted by Gasteiger charge is -2.19. The standard InChI is InChI=1S/C26H19Cl2N3O2S/c1-16-5-11-21(12-6-16)31-25(33)23(14-17-3-2-4-19(28)13-17)34-26(31)22(15-29)24(32)30-20-9-7-18(27)8-10-20/h2-13,23H,14H2,1H3,(H,30,32). The Kier molecular flexibility index (Phi) is 7.28. The molecule has 8 heteroatoms. The molecule has 0 aromatic heterocycles. The first-order valence-electron chi connectivity index (χ1n) is 10.4. The summed E-state index contributed by atoms with van der Waals surface area (Å²) in [5.41, 5.74) is 2.88. The second kappa shape index (κ2) is 10.4. The predicted octanol–water partition coefficient (Wildman–Crippen LogP) is 6.37. The van der Waals surface area contributed by atoms with Gasteiger partial charge in [0.25, 0.3) is 5.91 Å². The van der Waals surface area contributed by atoms with E-state index in [0.717, 1.165) is 11.1 Å². The Hall–Kier alpha value is -3.24. The Morgan fingerprint density at radius 3 is 2.41 bits per heavy atom. The van der Waals surface area contributed by atoms with E-state index in [9.17, 15) is 14.9 Å². The lowest BCUT2D eigenvalue weighted by Crippen LogP contribution is -2.30. The van der Waals surface area contributed by atoms with Gasteiger partial charge in [0.05, 0.1) is 5.25 Å². The van der Waals surface area contributed by atoms with Crippen molar-refractivity contribution in [1.29, 1.82) is 5.26 Å². The predicted molar refractivity (Wildman–Crippen MR) is 138 cm³/mol. The van der Waals surface area contributed by atoms with Crippen LogP contribution in [-0.2, 0) is 16.0 Å². The summed E-state index contributed by atoms with van der Waals surface area (Å²) in [5, 5.41) is 13.5. The second-order valence-corrected chi connectivity index (χ2v) is 9.77. The molecule has 1 heterocycles. The van der Waals surface area contributed by atoms with E-state index in [1.807, 2.05) is 55.5 Å². The third kappa shape index (κ3) is 5.28. The van der Waals surface area contributed by atoms with Gasteiger partial charge < -0.3 is 5.32 Å². The molecular formula is C26H19Cl2N3O2S. The van der Waals surface area contributed by atoms with Crippen molar-refractivity contribution in [2.75, 3.05) is 10.2 Å². The van der Waals surface area contributed by atoms with Crippen molar-refractivity contribution in [3.8, 4) is 6.07 Å².